The Labute approximate surface area is 78.2 Å². The Morgan fingerprint density at radius 2 is 2.00 bits per heavy atom. The maximum atomic E-state index is 11.1. The molecule has 0 saturated heterocycles. The van der Waals surface area contributed by atoms with Crippen LogP contribution in [0.1, 0.15) is 23.6 Å². The molecule has 0 unspecified atom stereocenters. The lowest BCUT2D eigenvalue weighted by Crippen LogP contribution is -2.21. The molecule has 2 rings (SSSR count). The first-order valence-corrected chi connectivity index (χ1v) is 4.51. The minimum absolute atomic E-state index is 0.161. The number of hydrogen-bond donors (Lipinski definition) is 0. The van der Waals surface area contributed by atoms with Gasteiger partial charge in [0.05, 0.1) is 0 Å². The van der Waals surface area contributed by atoms with Gasteiger partial charge in [-0.15, -0.1) is 0 Å². The van der Waals surface area contributed by atoms with Gasteiger partial charge in [0.25, 0.3) is 0 Å². The van der Waals surface area contributed by atoms with Crippen LogP contribution >= 0.6 is 0 Å². The molecule has 1 aromatic rings. The van der Waals surface area contributed by atoms with Crippen molar-refractivity contribution in [2.75, 3.05) is 0 Å². The SMILES string of the molecule is CC(=O)N1Cc2ccc(C)cc2C1. The van der Waals surface area contributed by atoms with Crippen LogP contribution < -0.4 is 0 Å². The van der Waals surface area contributed by atoms with Crippen LogP contribution in [0.25, 0.3) is 0 Å². The van der Waals surface area contributed by atoms with Crippen LogP contribution in [0.4, 0.5) is 0 Å². The quantitative estimate of drug-likeness (QED) is 0.589. The summed E-state index contributed by atoms with van der Waals surface area (Å²) in [5.74, 6) is 0.161. The molecule has 0 atom stereocenters. The van der Waals surface area contributed by atoms with E-state index in [0.29, 0.717) is 0 Å². The highest BCUT2D eigenvalue weighted by molar-refractivity contribution is 5.74. The molecule has 2 nitrogen and oxygen atoms in total. The minimum Gasteiger partial charge on any atom is -0.334 e. The largest absolute Gasteiger partial charge is 0.334 e. The maximum absolute atomic E-state index is 11.1. The average molecular weight is 175 g/mol. The summed E-state index contributed by atoms with van der Waals surface area (Å²) in [6, 6.07) is 6.38. The highest BCUT2D eigenvalue weighted by Gasteiger charge is 2.19. The highest BCUT2D eigenvalue weighted by atomic mass is 16.2. The second-order valence-corrected chi connectivity index (χ2v) is 3.65. The molecule has 68 valence electrons. The van der Waals surface area contributed by atoms with Gasteiger partial charge in [-0.1, -0.05) is 23.8 Å². The Hall–Kier alpha value is -1.31. The van der Waals surface area contributed by atoms with Crippen molar-refractivity contribution in [3.05, 3.63) is 34.9 Å². The molecular weight excluding hydrogens is 162 g/mol. The molecule has 1 aliphatic rings. The summed E-state index contributed by atoms with van der Waals surface area (Å²) < 4.78 is 0. The van der Waals surface area contributed by atoms with E-state index in [-0.39, 0.29) is 5.91 Å². The number of benzene rings is 1. The number of aryl methyl sites for hydroxylation is 1. The second kappa shape index (κ2) is 2.87. The van der Waals surface area contributed by atoms with E-state index in [0.717, 1.165) is 13.1 Å². The van der Waals surface area contributed by atoms with Crippen LogP contribution in [0, 0.1) is 6.92 Å². The molecule has 2 heteroatoms. The van der Waals surface area contributed by atoms with Crippen molar-refractivity contribution in [3.8, 4) is 0 Å². The van der Waals surface area contributed by atoms with E-state index >= 15 is 0 Å². The summed E-state index contributed by atoms with van der Waals surface area (Å²) in [4.78, 5) is 13.0. The summed E-state index contributed by atoms with van der Waals surface area (Å²) in [6.45, 7) is 5.27. The lowest BCUT2D eigenvalue weighted by Gasteiger charge is -2.10. The molecule has 0 bridgehead atoms. The van der Waals surface area contributed by atoms with E-state index in [2.05, 4.69) is 25.1 Å². The van der Waals surface area contributed by atoms with Gasteiger partial charge in [-0.3, -0.25) is 4.79 Å². The van der Waals surface area contributed by atoms with Crippen molar-refractivity contribution in [2.45, 2.75) is 26.9 Å². The molecular formula is C11H13NO. The first-order chi connectivity index (χ1) is 6.16. The Bertz CT molecular complexity index is 357. The third-order valence-corrected chi connectivity index (χ3v) is 2.53. The Kier molecular flexibility index (Phi) is 1.83. The van der Waals surface area contributed by atoms with Gasteiger partial charge in [0.15, 0.2) is 0 Å². The average Bonchev–Trinajstić information content (AvgIpc) is 2.46. The minimum atomic E-state index is 0.161. The lowest BCUT2D eigenvalue weighted by molar-refractivity contribution is -0.129. The second-order valence-electron chi connectivity index (χ2n) is 3.65. The molecule has 0 spiro atoms. The monoisotopic (exact) mass is 175 g/mol. The van der Waals surface area contributed by atoms with Crippen LogP contribution in [0.15, 0.2) is 18.2 Å². The molecule has 1 heterocycles. The molecule has 0 fully saturated rings. The first kappa shape index (κ1) is 8.30. The van der Waals surface area contributed by atoms with Gasteiger partial charge >= 0.3 is 0 Å². The van der Waals surface area contributed by atoms with Crippen molar-refractivity contribution in [2.24, 2.45) is 0 Å². The van der Waals surface area contributed by atoms with Gasteiger partial charge in [-0.25, -0.2) is 0 Å². The van der Waals surface area contributed by atoms with Crippen molar-refractivity contribution < 1.29 is 4.79 Å². The van der Waals surface area contributed by atoms with Crippen LogP contribution in [-0.2, 0) is 17.9 Å². The van der Waals surface area contributed by atoms with E-state index < -0.39 is 0 Å². The fourth-order valence-corrected chi connectivity index (χ4v) is 1.75. The molecule has 0 aliphatic carbocycles. The molecule has 1 amide bonds. The predicted molar refractivity (Wildman–Crippen MR) is 51.1 cm³/mol. The van der Waals surface area contributed by atoms with E-state index in [4.69, 9.17) is 0 Å². The van der Waals surface area contributed by atoms with Crippen molar-refractivity contribution in [3.63, 3.8) is 0 Å². The highest BCUT2D eigenvalue weighted by Crippen LogP contribution is 2.23. The maximum Gasteiger partial charge on any atom is 0.220 e. The smallest absolute Gasteiger partial charge is 0.220 e. The number of nitrogens with zero attached hydrogens (tertiary/aromatic N) is 1. The normalized spacial score (nSPS) is 14.5. The molecule has 0 aromatic heterocycles. The molecule has 0 N–H and O–H groups in total. The first-order valence-electron chi connectivity index (χ1n) is 4.51. The number of hydrogen-bond acceptors (Lipinski definition) is 1. The van der Waals surface area contributed by atoms with Crippen molar-refractivity contribution in [1.82, 2.24) is 4.90 Å². The molecule has 1 aliphatic heterocycles. The third-order valence-electron chi connectivity index (χ3n) is 2.53. The Balaban J connectivity index is 2.30. The van der Waals surface area contributed by atoms with Crippen molar-refractivity contribution >= 4 is 5.91 Å². The predicted octanol–water partition coefficient (Wildman–Crippen LogP) is 1.86. The lowest BCUT2D eigenvalue weighted by atomic mass is 10.1. The summed E-state index contributed by atoms with van der Waals surface area (Å²) in [5.41, 5.74) is 3.86. The molecule has 0 saturated carbocycles. The van der Waals surface area contributed by atoms with Gasteiger partial charge in [-0.05, 0) is 18.1 Å². The van der Waals surface area contributed by atoms with Gasteiger partial charge < -0.3 is 4.90 Å². The zero-order chi connectivity index (χ0) is 9.42. The van der Waals surface area contributed by atoms with E-state index in [1.807, 2.05) is 4.90 Å². The summed E-state index contributed by atoms with van der Waals surface area (Å²) in [7, 11) is 0. The van der Waals surface area contributed by atoms with Gasteiger partial charge in [0.1, 0.15) is 0 Å². The Morgan fingerprint density at radius 1 is 1.31 bits per heavy atom. The van der Waals surface area contributed by atoms with E-state index in [1.54, 1.807) is 6.92 Å². The van der Waals surface area contributed by atoms with Crippen LogP contribution in [0.5, 0.6) is 0 Å². The van der Waals surface area contributed by atoms with Crippen LogP contribution in [0.3, 0.4) is 0 Å². The van der Waals surface area contributed by atoms with Crippen molar-refractivity contribution in [1.29, 1.82) is 0 Å². The van der Waals surface area contributed by atoms with Gasteiger partial charge in [-0.2, -0.15) is 0 Å². The fraction of sp³-hybridized carbons (Fsp3) is 0.364. The molecule has 1 aromatic carbocycles. The van der Waals surface area contributed by atoms with E-state index in [1.165, 1.54) is 16.7 Å². The number of carbonyl (C=O) groups excluding carboxylic acids is 1. The summed E-state index contributed by atoms with van der Waals surface area (Å²) in [6.07, 6.45) is 0. The Morgan fingerprint density at radius 3 is 2.69 bits per heavy atom. The number of rotatable bonds is 0. The van der Waals surface area contributed by atoms with Crippen LogP contribution in [-0.4, -0.2) is 10.8 Å². The van der Waals surface area contributed by atoms with Crippen LogP contribution in [0.2, 0.25) is 0 Å². The standard InChI is InChI=1S/C11H13NO/c1-8-3-4-10-6-12(9(2)13)7-11(10)5-8/h3-5H,6-7H2,1-2H3. The fourth-order valence-electron chi connectivity index (χ4n) is 1.75. The number of fused-ring (bicyclic) bond motifs is 1. The zero-order valence-corrected chi connectivity index (χ0v) is 8.00. The number of amides is 1. The summed E-state index contributed by atoms with van der Waals surface area (Å²) in [5, 5.41) is 0. The number of carbonyl (C=O) groups is 1. The third kappa shape index (κ3) is 1.44. The van der Waals surface area contributed by atoms with Gasteiger partial charge in [0.2, 0.25) is 5.91 Å². The summed E-state index contributed by atoms with van der Waals surface area (Å²) >= 11 is 0. The van der Waals surface area contributed by atoms with Gasteiger partial charge in [0, 0.05) is 20.0 Å². The van der Waals surface area contributed by atoms with E-state index in [9.17, 15) is 4.79 Å². The zero-order valence-electron chi connectivity index (χ0n) is 8.00. The molecule has 13 heavy (non-hydrogen) atoms. The molecule has 0 radical (unpaired) electrons. The topological polar surface area (TPSA) is 20.3 Å².